The lowest BCUT2D eigenvalue weighted by Gasteiger charge is -2.10. The van der Waals surface area contributed by atoms with E-state index in [0.717, 1.165) is 10.5 Å². The van der Waals surface area contributed by atoms with Gasteiger partial charge in [0.25, 0.3) is 11.8 Å². The van der Waals surface area contributed by atoms with Crippen LogP contribution < -0.4 is 10.9 Å². The highest BCUT2D eigenvalue weighted by Crippen LogP contribution is 2.19. The normalized spacial score (nSPS) is 10.1. The van der Waals surface area contributed by atoms with Gasteiger partial charge in [0, 0.05) is 10.5 Å². The van der Waals surface area contributed by atoms with Gasteiger partial charge in [-0.2, -0.15) is 0 Å². The van der Waals surface area contributed by atoms with E-state index in [1.54, 1.807) is 18.2 Å². The van der Waals surface area contributed by atoms with Crippen LogP contribution in [-0.2, 0) is 0 Å². The minimum atomic E-state index is -0.579. The van der Waals surface area contributed by atoms with E-state index in [2.05, 4.69) is 10.9 Å². The van der Waals surface area contributed by atoms with Gasteiger partial charge in [0.1, 0.15) is 5.75 Å². The Balaban J connectivity index is 2.07. The topological polar surface area (TPSA) is 78.4 Å². The lowest BCUT2D eigenvalue weighted by Crippen LogP contribution is -2.41. The van der Waals surface area contributed by atoms with Gasteiger partial charge in [-0.1, -0.05) is 18.2 Å². The summed E-state index contributed by atoms with van der Waals surface area (Å²) in [5.41, 5.74) is 6.05. The number of nitrogens with one attached hydrogen (secondary N) is 2. The summed E-state index contributed by atoms with van der Waals surface area (Å²) in [6, 6.07) is 11.7. The summed E-state index contributed by atoms with van der Waals surface area (Å²) in [7, 11) is 0. The fraction of sp³-hybridized carbons (Fsp3) is 0.125. The van der Waals surface area contributed by atoms with Crippen LogP contribution >= 0.6 is 11.8 Å². The molecule has 6 heteroatoms. The first kappa shape index (κ1) is 15.9. The highest BCUT2D eigenvalue weighted by atomic mass is 32.2. The first-order valence-electron chi connectivity index (χ1n) is 6.56. The summed E-state index contributed by atoms with van der Waals surface area (Å²) in [6.45, 7) is 1.82. The SMILES string of the molecule is CSc1ccc(C)c(C(=O)NNC(=O)c2ccccc2O)c1. The molecule has 0 heterocycles. The van der Waals surface area contributed by atoms with E-state index >= 15 is 0 Å². The molecule has 0 atom stereocenters. The zero-order chi connectivity index (χ0) is 16.1. The van der Waals surface area contributed by atoms with Crippen molar-refractivity contribution in [1.29, 1.82) is 0 Å². The number of phenols is 1. The Kier molecular flexibility index (Phi) is 5.06. The van der Waals surface area contributed by atoms with Crippen molar-refractivity contribution in [3.63, 3.8) is 0 Å². The molecule has 0 fully saturated rings. The van der Waals surface area contributed by atoms with Gasteiger partial charge in [-0.25, -0.2) is 0 Å². The summed E-state index contributed by atoms with van der Waals surface area (Å²) < 4.78 is 0. The Bertz CT molecular complexity index is 716. The van der Waals surface area contributed by atoms with E-state index < -0.39 is 11.8 Å². The fourth-order valence-electron chi connectivity index (χ4n) is 1.89. The minimum absolute atomic E-state index is 0.0948. The number of thioether (sulfide) groups is 1. The number of amides is 2. The third-order valence-electron chi connectivity index (χ3n) is 3.13. The number of hydrazine groups is 1. The molecular weight excluding hydrogens is 300 g/mol. The number of hydrogen-bond donors (Lipinski definition) is 3. The summed E-state index contributed by atoms with van der Waals surface area (Å²) in [6.07, 6.45) is 1.92. The number of aromatic hydroxyl groups is 1. The smallest absolute Gasteiger partial charge is 0.273 e. The van der Waals surface area contributed by atoms with Gasteiger partial charge >= 0.3 is 0 Å². The van der Waals surface area contributed by atoms with Crippen LogP contribution in [0.25, 0.3) is 0 Å². The van der Waals surface area contributed by atoms with E-state index in [-0.39, 0.29) is 11.3 Å². The standard InChI is InChI=1S/C16H16N2O3S/c1-10-7-8-11(22-2)9-13(10)16(21)18-17-15(20)12-5-3-4-6-14(12)19/h3-9,19H,1-2H3,(H,17,20)(H,18,21). The van der Waals surface area contributed by atoms with E-state index in [4.69, 9.17) is 0 Å². The molecule has 2 amide bonds. The predicted octanol–water partition coefficient (Wildman–Crippen LogP) is 2.50. The van der Waals surface area contributed by atoms with Gasteiger partial charge in [-0.15, -0.1) is 11.8 Å². The molecule has 0 radical (unpaired) electrons. The summed E-state index contributed by atoms with van der Waals surface area (Å²) in [4.78, 5) is 25.0. The molecule has 3 N–H and O–H groups in total. The van der Waals surface area contributed by atoms with Crippen LogP contribution in [0.3, 0.4) is 0 Å². The van der Waals surface area contributed by atoms with Gasteiger partial charge < -0.3 is 5.11 Å². The zero-order valence-corrected chi connectivity index (χ0v) is 13.0. The second-order valence-corrected chi connectivity index (χ2v) is 5.49. The Morgan fingerprint density at radius 3 is 2.27 bits per heavy atom. The molecule has 0 aromatic heterocycles. The van der Waals surface area contributed by atoms with Crippen LogP contribution in [0, 0.1) is 6.92 Å². The Morgan fingerprint density at radius 1 is 1.00 bits per heavy atom. The first-order valence-corrected chi connectivity index (χ1v) is 7.78. The first-order chi connectivity index (χ1) is 10.5. The number of hydrogen-bond acceptors (Lipinski definition) is 4. The lowest BCUT2D eigenvalue weighted by molar-refractivity contribution is 0.0844. The van der Waals surface area contributed by atoms with Gasteiger partial charge in [0.05, 0.1) is 5.56 Å². The Morgan fingerprint density at radius 2 is 1.64 bits per heavy atom. The molecule has 0 spiro atoms. The van der Waals surface area contributed by atoms with Crippen molar-refractivity contribution in [3.8, 4) is 5.75 Å². The van der Waals surface area contributed by atoms with Crippen LogP contribution in [0.5, 0.6) is 5.75 Å². The van der Waals surface area contributed by atoms with Crippen molar-refractivity contribution in [2.24, 2.45) is 0 Å². The van der Waals surface area contributed by atoms with E-state index in [0.29, 0.717) is 5.56 Å². The summed E-state index contributed by atoms with van der Waals surface area (Å²) >= 11 is 1.53. The highest BCUT2D eigenvalue weighted by Gasteiger charge is 2.13. The van der Waals surface area contributed by atoms with Crippen LogP contribution in [0.1, 0.15) is 26.3 Å². The largest absolute Gasteiger partial charge is 0.507 e. The number of para-hydroxylation sites is 1. The zero-order valence-electron chi connectivity index (χ0n) is 12.2. The maximum absolute atomic E-state index is 12.2. The van der Waals surface area contributed by atoms with Gasteiger partial charge in [0.15, 0.2) is 0 Å². The van der Waals surface area contributed by atoms with Crippen LogP contribution in [-0.4, -0.2) is 23.2 Å². The molecule has 0 saturated carbocycles. The third-order valence-corrected chi connectivity index (χ3v) is 3.85. The maximum Gasteiger partial charge on any atom is 0.273 e. The maximum atomic E-state index is 12.2. The molecule has 0 bridgehead atoms. The number of phenolic OH excluding ortho intramolecular Hbond substituents is 1. The van der Waals surface area contributed by atoms with Crippen LogP contribution in [0.4, 0.5) is 0 Å². The van der Waals surface area contributed by atoms with Crippen molar-refractivity contribution >= 4 is 23.6 Å². The van der Waals surface area contributed by atoms with E-state index in [9.17, 15) is 14.7 Å². The molecule has 2 rings (SSSR count). The molecule has 2 aromatic carbocycles. The monoisotopic (exact) mass is 316 g/mol. The molecule has 5 nitrogen and oxygen atoms in total. The molecule has 0 aliphatic heterocycles. The van der Waals surface area contributed by atoms with E-state index in [1.165, 1.54) is 23.9 Å². The third kappa shape index (κ3) is 3.59. The van der Waals surface area contributed by atoms with Gasteiger partial charge in [-0.3, -0.25) is 20.4 Å². The molecule has 114 valence electrons. The molecule has 0 unspecified atom stereocenters. The second-order valence-electron chi connectivity index (χ2n) is 4.61. The second kappa shape index (κ2) is 7.00. The average Bonchev–Trinajstić information content (AvgIpc) is 2.53. The molecule has 0 saturated heterocycles. The molecular formula is C16H16N2O3S. The molecule has 0 aliphatic carbocycles. The van der Waals surface area contributed by atoms with Crippen molar-refractivity contribution < 1.29 is 14.7 Å². The fourth-order valence-corrected chi connectivity index (χ4v) is 2.33. The van der Waals surface area contributed by atoms with Crippen molar-refractivity contribution in [2.45, 2.75) is 11.8 Å². The Labute approximate surface area is 132 Å². The number of carbonyl (C=O) groups excluding carboxylic acids is 2. The van der Waals surface area contributed by atoms with Crippen LogP contribution in [0.15, 0.2) is 47.4 Å². The quantitative estimate of drug-likeness (QED) is 0.600. The average molecular weight is 316 g/mol. The molecule has 0 aliphatic rings. The van der Waals surface area contributed by atoms with Gasteiger partial charge in [0.2, 0.25) is 0 Å². The number of carbonyl (C=O) groups is 2. The molecule has 22 heavy (non-hydrogen) atoms. The van der Waals surface area contributed by atoms with Crippen LogP contribution in [0.2, 0.25) is 0 Å². The highest BCUT2D eigenvalue weighted by molar-refractivity contribution is 7.98. The predicted molar refractivity (Wildman–Crippen MR) is 86.0 cm³/mol. The van der Waals surface area contributed by atoms with E-state index in [1.807, 2.05) is 25.3 Å². The number of aryl methyl sites for hydroxylation is 1. The molecule has 2 aromatic rings. The van der Waals surface area contributed by atoms with Crippen molar-refractivity contribution in [3.05, 3.63) is 59.2 Å². The number of benzene rings is 2. The van der Waals surface area contributed by atoms with Crippen molar-refractivity contribution in [1.82, 2.24) is 10.9 Å². The summed E-state index contributed by atoms with van der Waals surface area (Å²) in [5, 5.41) is 9.60. The minimum Gasteiger partial charge on any atom is -0.507 e. The van der Waals surface area contributed by atoms with Crippen molar-refractivity contribution in [2.75, 3.05) is 6.26 Å². The summed E-state index contributed by atoms with van der Waals surface area (Å²) in [5.74, 6) is -1.13. The Hall–Kier alpha value is -2.47. The number of rotatable bonds is 3. The lowest BCUT2D eigenvalue weighted by atomic mass is 10.1. The van der Waals surface area contributed by atoms with Gasteiger partial charge in [-0.05, 0) is 43.0 Å².